The number of hydrogen-bond acceptors (Lipinski definition) is 6. The Morgan fingerprint density at radius 1 is 0.837 bits per heavy atom. The highest BCUT2D eigenvalue weighted by Gasteiger charge is 2.22. The number of hydrogen-bond donors (Lipinski definition) is 1. The lowest BCUT2D eigenvalue weighted by Gasteiger charge is -2.37. The molecule has 0 spiro atoms. The zero-order valence-corrected chi connectivity index (χ0v) is 28.4. The standard InChI is InChI=1S/C41H45N3O5/c1-3-30-14-16-31(17-15-30)38(22-24-42-25-27-43(28-26-42)37-11-6-7-12-39(37)48-2)49-33-20-18-32(19-21-33)41(47)35-29-44(23-8-13-40(45)46)36-10-5-4-9-34(35)36/h4-7,9-12,14-21,29,38H,3,8,13,22-28H2,1-2H3,(H,45,46). The molecule has 0 bridgehead atoms. The molecule has 1 aliphatic heterocycles. The molecule has 1 aromatic heterocycles. The molecule has 1 atom stereocenters. The maximum atomic E-state index is 13.7. The molecule has 1 N–H and O–H groups in total. The molecule has 1 aliphatic rings. The van der Waals surface area contributed by atoms with Crippen molar-refractivity contribution >= 4 is 28.3 Å². The Bertz CT molecular complexity index is 1860. The molecule has 8 heteroatoms. The van der Waals surface area contributed by atoms with E-state index >= 15 is 0 Å². The van der Waals surface area contributed by atoms with Gasteiger partial charge in [0.05, 0.1) is 12.8 Å². The Labute approximate surface area is 288 Å². The summed E-state index contributed by atoms with van der Waals surface area (Å²) in [5, 5.41) is 9.94. The van der Waals surface area contributed by atoms with Crippen LogP contribution < -0.4 is 14.4 Å². The van der Waals surface area contributed by atoms with Gasteiger partial charge in [-0.1, -0.05) is 61.5 Å². The van der Waals surface area contributed by atoms with Crippen LogP contribution in [0.5, 0.6) is 11.5 Å². The predicted octanol–water partition coefficient (Wildman–Crippen LogP) is 7.64. The normalized spacial score (nSPS) is 14.1. The summed E-state index contributed by atoms with van der Waals surface area (Å²) in [5.41, 5.74) is 5.69. The summed E-state index contributed by atoms with van der Waals surface area (Å²) in [5.74, 6) is 0.739. The van der Waals surface area contributed by atoms with Gasteiger partial charge in [-0.3, -0.25) is 14.5 Å². The van der Waals surface area contributed by atoms with Crippen LogP contribution in [0, 0.1) is 0 Å². The van der Waals surface area contributed by atoms with Crippen LogP contribution in [0.1, 0.15) is 59.3 Å². The Hall–Kier alpha value is -5.08. The highest BCUT2D eigenvalue weighted by Crippen LogP contribution is 2.31. The van der Waals surface area contributed by atoms with Gasteiger partial charge in [-0.05, 0) is 66.4 Å². The van der Waals surface area contributed by atoms with E-state index in [2.05, 4.69) is 53.1 Å². The van der Waals surface area contributed by atoms with Crippen LogP contribution >= 0.6 is 0 Å². The highest BCUT2D eigenvalue weighted by atomic mass is 16.5. The number of benzene rings is 4. The minimum atomic E-state index is -0.821. The van der Waals surface area contributed by atoms with E-state index in [0.717, 1.165) is 79.2 Å². The van der Waals surface area contributed by atoms with Crippen molar-refractivity contribution in [1.82, 2.24) is 9.47 Å². The number of rotatable bonds is 15. The van der Waals surface area contributed by atoms with Crippen molar-refractivity contribution in [3.05, 3.63) is 126 Å². The average molecular weight is 660 g/mol. The molecule has 0 amide bonds. The number of aromatic nitrogens is 1. The lowest BCUT2D eigenvalue weighted by atomic mass is 10.0. The first-order valence-electron chi connectivity index (χ1n) is 17.2. The molecule has 5 aromatic rings. The van der Waals surface area contributed by atoms with Gasteiger partial charge in [0, 0.05) is 80.3 Å². The van der Waals surface area contributed by atoms with Gasteiger partial charge in [0.2, 0.25) is 0 Å². The van der Waals surface area contributed by atoms with Crippen molar-refractivity contribution < 1.29 is 24.2 Å². The minimum Gasteiger partial charge on any atom is -0.495 e. The van der Waals surface area contributed by atoms with E-state index in [1.54, 1.807) is 7.11 Å². The van der Waals surface area contributed by atoms with E-state index in [0.29, 0.717) is 24.1 Å². The van der Waals surface area contributed by atoms with Crippen molar-refractivity contribution in [2.75, 3.05) is 44.7 Å². The third kappa shape index (κ3) is 8.15. The molecule has 254 valence electrons. The van der Waals surface area contributed by atoms with E-state index in [-0.39, 0.29) is 18.3 Å². The van der Waals surface area contributed by atoms with Crippen LogP contribution in [0.25, 0.3) is 10.9 Å². The summed E-state index contributed by atoms with van der Waals surface area (Å²) in [6.07, 6.45) is 4.12. The number of aliphatic carboxylic acids is 1. The Morgan fingerprint density at radius 2 is 1.55 bits per heavy atom. The molecular formula is C41H45N3O5. The van der Waals surface area contributed by atoms with E-state index in [9.17, 15) is 9.59 Å². The molecule has 4 aromatic carbocycles. The van der Waals surface area contributed by atoms with Gasteiger partial charge in [-0.15, -0.1) is 0 Å². The zero-order chi connectivity index (χ0) is 34.2. The smallest absolute Gasteiger partial charge is 0.303 e. The van der Waals surface area contributed by atoms with Gasteiger partial charge in [0.25, 0.3) is 0 Å². The number of piperazine rings is 1. The fourth-order valence-electron chi connectivity index (χ4n) is 6.68. The third-order valence-electron chi connectivity index (χ3n) is 9.48. The first-order valence-corrected chi connectivity index (χ1v) is 17.2. The molecule has 49 heavy (non-hydrogen) atoms. The summed E-state index contributed by atoms with van der Waals surface area (Å²) >= 11 is 0. The highest BCUT2D eigenvalue weighted by molar-refractivity contribution is 6.16. The Kier molecular flexibility index (Phi) is 11.0. The van der Waals surface area contributed by atoms with Crippen molar-refractivity contribution in [1.29, 1.82) is 0 Å². The quantitative estimate of drug-likeness (QED) is 0.116. The fraction of sp³-hybridized carbons (Fsp3) is 0.317. The number of anilines is 1. The van der Waals surface area contributed by atoms with Crippen LogP contribution in [-0.2, 0) is 17.8 Å². The lowest BCUT2D eigenvalue weighted by molar-refractivity contribution is -0.137. The fourth-order valence-corrected chi connectivity index (χ4v) is 6.68. The largest absolute Gasteiger partial charge is 0.495 e. The van der Waals surface area contributed by atoms with E-state index in [4.69, 9.17) is 14.6 Å². The van der Waals surface area contributed by atoms with Crippen molar-refractivity contribution in [3.8, 4) is 11.5 Å². The number of carbonyl (C=O) groups excluding carboxylic acids is 1. The van der Waals surface area contributed by atoms with Crippen molar-refractivity contribution in [2.24, 2.45) is 0 Å². The number of fused-ring (bicyclic) bond motifs is 1. The summed E-state index contributed by atoms with van der Waals surface area (Å²) in [4.78, 5) is 29.7. The summed E-state index contributed by atoms with van der Waals surface area (Å²) in [6, 6.07) is 32.1. The second-order valence-electron chi connectivity index (χ2n) is 12.6. The molecule has 1 unspecified atom stereocenters. The van der Waals surface area contributed by atoms with Gasteiger partial charge >= 0.3 is 5.97 Å². The molecule has 8 nitrogen and oxygen atoms in total. The molecule has 0 saturated carbocycles. The molecule has 6 rings (SSSR count). The molecule has 0 radical (unpaired) electrons. The van der Waals surface area contributed by atoms with Crippen LogP contribution in [-0.4, -0.2) is 66.2 Å². The summed E-state index contributed by atoms with van der Waals surface area (Å²) in [7, 11) is 1.72. The van der Waals surface area contributed by atoms with Crippen LogP contribution in [0.3, 0.4) is 0 Å². The number of para-hydroxylation sites is 3. The predicted molar refractivity (Wildman–Crippen MR) is 194 cm³/mol. The lowest BCUT2D eigenvalue weighted by Crippen LogP contribution is -2.47. The second kappa shape index (κ2) is 15.9. The second-order valence-corrected chi connectivity index (χ2v) is 12.6. The molecule has 1 saturated heterocycles. The number of methoxy groups -OCH3 is 1. The Morgan fingerprint density at radius 3 is 2.27 bits per heavy atom. The Balaban J connectivity index is 1.13. The van der Waals surface area contributed by atoms with E-state index < -0.39 is 5.97 Å². The number of ether oxygens (including phenoxy) is 2. The first-order chi connectivity index (χ1) is 23.9. The molecular weight excluding hydrogens is 614 g/mol. The van der Waals surface area contributed by atoms with Crippen LogP contribution in [0.15, 0.2) is 103 Å². The van der Waals surface area contributed by atoms with Crippen LogP contribution in [0.4, 0.5) is 5.69 Å². The number of nitrogens with zero attached hydrogens (tertiary/aromatic N) is 3. The van der Waals surface area contributed by atoms with E-state index in [1.807, 2.05) is 71.4 Å². The number of carboxylic acid groups (broad SMARTS) is 1. The molecule has 2 heterocycles. The number of ketones is 1. The number of aryl methyl sites for hydroxylation is 2. The average Bonchev–Trinajstić information content (AvgIpc) is 3.52. The topological polar surface area (TPSA) is 84.2 Å². The maximum absolute atomic E-state index is 13.7. The van der Waals surface area contributed by atoms with Crippen molar-refractivity contribution in [2.45, 2.75) is 45.3 Å². The molecule has 1 fully saturated rings. The number of carboxylic acids is 1. The third-order valence-corrected chi connectivity index (χ3v) is 9.48. The first kappa shape index (κ1) is 33.8. The van der Waals surface area contributed by atoms with Gasteiger partial charge in [-0.25, -0.2) is 0 Å². The maximum Gasteiger partial charge on any atom is 0.303 e. The van der Waals surface area contributed by atoms with E-state index in [1.165, 1.54) is 5.56 Å². The van der Waals surface area contributed by atoms with Gasteiger partial charge < -0.3 is 24.0 Å². The van der Waals surface area contributed by atoms with Gasteiger partial charge in [0.15, 0.2) is 5.78 Å². The monoisotopic (exact) mass is 659 g/mol. The molecule has 0 aliphatic carbocycles. The summed E-state index contributed by atoms with van der Waals surface area (Å²) < 4.78 is 14.2. The summed E-state index contributed by atoms with van der Waals surface area (Å²) in [6.45, 7) is 7.41. The van der Waals surface area contributed by atoms with Crippen molar-refractivity contribution in [3.63, 3.8) is 0 Å². The SMILES string of the molecule is CCc1ccc(C(CCN2CCN(c3ccccc3OC)CC2)Oc2ccc(C(=O)c3cn(CCCC(=O)O)c4ccccc34)cc2)cc1. The number of carbonyl (C=O) groups is 2. The van der Waals surface area contributed by atoms with Gasteiger partial charge in [0.1, 0.15) is 17.6 Å². The van der Waals surface area contributed by atoms with Crippen LogP contribution in [0.2, 0.25) is 0 Å². The zero-order valence-electron chi connectivity index (χ0n) is 28.4. The minimum absolute atomic E-state index is 0.0706. The van der Waals surface area contributed by atoms with Gasteiger partial charge in [-0.2, -0.15) is 0 Å².